The quantitative estimate of drug-likeness (QED) is 0.728. The number of methoxy groups -OCH3 is 1. The van der Waals surface area contributed by atoms with Crippen LogP contribution in [-0.2, 0) is 0 Å². The molecule has 0 saturated heterocycles. The molecule has 1 heterocycles. The van der Waals surface area contributed by atoms with Gasteiger partial charge in [0.15, 0.2) is 10.8 Å². The number of nitrogens with two attached hydrogens (primary N) is 1. The van der Waals surface area contributed by atoms with E-state index in [4.69, 9.17) is 27.4 Å². The molecule has 0 amide bonds. The van der Waals surface area contributed by atoms with E-state index in [1.165, 1.54) is 13.4 Å². The highest BCUT2D eigenvalue weighted by Crippen LogP contribution is 2.29. The molecule has 0 bridgehead atoms. The van der Waals surface area contributed by atoms with Crippen molar-refractivity contribution in [3.63, 3.8) is 0 Å². The lowest BCUT2D eigenvalue weighted by Crippen LogP contribution is -2.20. The predicted molar refractivity (Wildman–Crippen MR) is 60.2 cm³/mol. The average Bonchev–Trinajstić information content (AvgIpc) is 2.20. The van der Waals surface area contributed by atoms with Crippen molar-refractivity contribution in [1.29, 1.82) is 0 Å². The molecule has 3 N–H and O–H groups in total. The summed E-state index contributed by atoms with van der Waals surface area (Å²) >= 11 is 4.73. The summed E-state index contributed by atoms with van der Waals surface area (Å²) in [6.07, 6.45) is 1.34. The smallest absolute Gasteiger partial charge is 0.245 e. The minimum atomic E-state index is 0.101. The van der Waals surface area contributed by atoms with Gasteiger partial charge in [0.25, 0.3) is 0 Å². The molecule has 0 radical (unpaired) electrons. The molecule has 7 heteroatoms. The van der Waals surface area contributed by atoms with Gasteiger partial charge in [-0.3, -0.25) is 0 Å². The highest BCUT2D eigenvalue weighted by Gasteiger charge is 2.13. The van der Waals surface area contributed by atoms with Crippen LogP contribution in [0.3, 0.4) is 0 Å². The highest BCUT2D eigenvalue weighted by molar-refractivity contribution is 7.80. The molecule has 82 valence electrons. The molecule has 0 saturated carbocycles. The lowest BCUT2D eigenvalue weighted by atomic mass is 10.4. The first kappa shape index (κ1) is 11.4. The fourth-order valence-corrected chi connectivity index (χ4v) is 1.09. The van der Waals surface area contributed by atoms with Crippen LogP contribution in [0.1, 0.15) is 6.92 Å². The van der Waals surface area contributed by atoms with Crippen molar-refractivity contribution < 1.29 is 9.47 Å². The van der Waals surface area contributed by atoms with E-state index in [1.807, 2.05) is 6.92 Å². The van der Waals surface area contributed by atoms with Gasteiger partial charge in [-0.05, 0) is 19.1 Å². The van der Waals surface area contributed by atoms with Gasteiger partial charge in [0.05, 0.1) is 13.7 Å². The number of anilines is 1. The van der Waals surface area contributed by atoms with Crippen molar-refractivity contribution in [3.05, 3.63) is 6.33 Å². The van der Waals surface area contributed by atoms with Crippen molar-refractivity contribution in [2.75, 3.05) is 19.0 Å². The van der Waals surface area contributed by atoms with Gasteiger partial charge in [-0.25, -0.2) is 0 Å². The van der Waals surface area contributed by atoms with Crippen molar-refractivity contribution in [2.45, 2.75) is 6.92 Å². The molecule has 0 aliphatic heterocycles. The summed E-state index contributed by atoms with van der Waals surface area (Å²) in [5, 5.41) is 2.81. The van der Waals surface area contributed by atoms with Crippen LogP contribution in [0.25, 0.3) is 0 Å². The van der Waals surface area contributed by atoms with E-state index in [2.05, 4.69) is 15.3 Å². The topological polar surface area (TPSA) is 82.3 Å². The van der Waals surface area contributed by atoms with Gasteiger partial charge in [0.2, 0.25) is 11.8 Å². The normalized spacial score (nSPS) is 9.47. The Morgan fingerprint density at radius 2 is 2.20 bits per heavy atom. The van der Waals surface area contributed by atoms with Gasteiger partial charge in [0, 0.05) is 0 Å². The van der Waals surface area contributed by atoms with E-state index in [0.29, 0.717) is 24.1 Å². The predicted octanol–water partition coefficient (Wildman–Crippen LogP) is 0.539. The molecular weight excluding hydrogens is 216 g/mol. The number of thiocarbonyl (C=S) groups is 1. The van der Waals surface area contributed by atoms with Crippen LogP contribution >= 0.6 is 12.2 Å². The van der Waals surface area contributed by atoms with Crippen LogP contribution in [0.2, 0.25) is 0 Å². The number of nitrogens with zero attached hydrogens (tertiary/aromatic N) is 2. The summed E-state index contributed by atoms with van der Waals surface area (Å²) in [6, 6.07) is 0. The van der Waals surface area contributed by atoms with Gasteiger partial charge in [0.1, 0.15) is 6.33 Å². The molecule has 0 fully saturated rings. The average molecular weight is 228 g/mol. The van der Waals surface area contributed by atoms with Gasteiger partial charge in [-0.1, -0.05) is 0 Å². The number of aromatic nitrogens is 2. The van der Waals surface area contributed by atoms with E-state index in [9.17, 15) is 0 Å². The zero-order chi connectivity index (χ0) is 11.3. The standard InChI is InChI=1S/C8H12N4O2S/c1-3-14-7-5(12-8(9)15)6(13-2)10-4-11-7/h4H,3H2,1-2H3,(H3,9,12,15). The van der Waals surface area contributed by atoms with Gasteiger partial charge in [-0.15, -0.1) is 0 Å². The molecule has 1 aromatic rings. The minimum Gasteiger partial charge on any atom is -0.479 e. The van der Waals surface area contributed by atoms with E-state index in [1.54, 1.807) is 0 Å². The summed E-state index contributed by atoms with van der Waals surface area (Å²) in [7, 11) is 1.49. The van der Waals surface area contributed by atoms with E-state index in [0.717, 1.165) is 0 Å². The molecule has 0 unspecified atom stereocenters. The maximum atomic E-state index is 5.37. The lowest BCUT2D eigenvalue weighted by molar-refractivity contribution is 0.323. The Bertz CT molecular complexity index is 358. The van der Waals surface area contributed by atoms with Crippen LogP contribution in [0.4, 0.5) is 5.69 Å². The van der Waals surface area contributed by atoms with Crippen LogP contribution in [0.15, 0.2) is 6.33 Å². The molecule has 0 aliphatic rings. The maximum Gasteiger partial charge on any atom is 0.245 e. The molecule has 0 atom stereocenters. The van der Waals surface area contributed by atoms with Crippen LogP contribution in [0, 0.1) is 0 Å². The van der Waals surface area contributed by atoms with E-state index in [-0.39, 0.29) is 5.11 Å². The second-order valence-electron chi connectivity index (χ2n) is 2.49. The van der Waals surface area contributed by atoms with Gasteiger partial charge in [-0.2, -0.15) is 9.97 Å². The van der Waals surface area contributed by atoms with Crippen molar-refractivity contribution in [3.8, 4) is 11.8 Å². The maximum absolute atomic E-state index is 5.37. The molecule has 1 rings (SSSR count). The lowest BCUT2D eigenvalue weighted by Gasteiger charge is -2.12. The van der Waals surface area contributed by atoms with Crippen molar-refractivity contribution >= 4 is 23.0 Å². The summed E-state index contributed by atoms with van der Waals surface area (Å²) in [6.45, 7) is 2.32. The molecule has 0 spiro atoms. The first-order chi connectivity index (χ1) is 7.19. The van der Waals surface area contributed by atoms with Crippen LogP contribution in [-0.4, -0.2) is 28.8 Å². The highest BCUT2D eigenvalue weighted by atomic mass is 32.1. The SMILES string of the molecule is CCOc1ncnc(OC)c1NC(N)=S. The van der Waals surface area contributed by atoms with Crippen molar-refractivity contribution in [1.82, 2.24) is 9.97 Å². The largest absolute Gasteiger partial charge is 0.479 e. The number of nitrogens with one attached hydrogen (secondary N) is 1. The molecule has 15 heavy (non-hydrogen) atoms. The van der Waals surface area contributed by atoms with Crippen molar-refractivity contribution in [2.24, 2.45) is 5.73 Å². The Kier molecular flexibility index (Phi) is 4.04. The third kappa shape index (κ3) is 2.91. The number of hydrogen-bond donors (Lipinski definition) is 2. The first-order valence-corrected chi connectivity index (χ1v) is 4.68. The van der Waals surface area contributed by atoms with E-state index >= 15 is 0 Å². The Labute approximate surface area is 92.8 Å². The zero-order valence-corrected chi connectivity index (χ0v) is 9.30. The fraction of sp³-hybridized carbons (Fsp3) is 0.375. The zero-order valence-electron chi connectivity index (χ0n) is 8.48. The monoisotopic (exact) mass is 228 g/mol. The molecular formula is C8H12N4O2S. The third-order valence-corrected chi connectivity index (χ3v) is 1.60. The number of rotatable bonds is 4. The summed E-state index contributed by atoms with van der Waals surface area (Å²) in [5.74, 6) is 0.693. The summed E-state index contributed by atoms with van der Waals surface area (Å²) in [4.78, 5) is 7.84. The molecule has 6 nitrogen and oxygen atoms in total. The van der Waals surface area contributed by atoms with Crippen LogP contribution in [0.5, 0.6) is 11.8 Å². The fourth-order valence-electron chi connectivity index (χ4n) is 0.985. The van der Waals surface area contributed by atoms with Gasteiger partial charge >= 0.3 is 0 Å². The summed E-state index contributed by atoms with van der Waals surface area (Å²) < 4.78 is 10.3. The third-order valence-electron chi connectivity index (χ3n) is 1.50. The first-order valence-electron chi connectivity index (χ1n) is 4.27. The molecule has 0 aliphatic carbocycles. The van der Waals surface area contributed by atoms with Crippen LogP contribution < -0.4 is 20.5 Å². The molecule has 1 aromatic heterocycles. The number of hydrogen-bond acceptors (Lipinski definition) is 5. The Hall–Kier alpha value is -1.63. The number of ether oxygens (including phenoxy) is 2. The second-order valence-corrected chi connectivity index (χ2v) is 2.93. The van der Waals surface area contributed by atoms with E-state index < -0.39 is 0 Å². The second kappa shape index (κ2) is 5.30. The summed E-state index contributed by atoms with van der Waals surface area (Å²) in [5.41, 5.74) is 5.81. The van der Waals surface area contributed by atoms with Gasteiger partial charge < -0.3 is 20.5 Å². The minimum absolute atomic E-state index is 0.101. The Morgan fingerprint density at radius 1 is 1.53 bits per heavy atom. The molecule has 0 aromatic carbocycles. The Morgan fingerprint density at radius 3 is 2.73 bits per heavy atom. The Balaban J connectivity index is 3.08.